The van der Waals surface area contributed by atoms with Crippen molar-refractivity contribution in [3.05, 3.63) is 123 Å². The van der Waals surface area contributed by atoms with Crippen molar-refractivity contribution in [2.24, 2.45) is 0 Å². The van der Waals surface area contributed by atoms with Crippen LogP contribution in [0.4, 0.5) is 0 Å². The number of rotatable bonds is 2. The first kappa shape index (κ1) is 18.2. The molecule has 3 aromatic rings. The summed E-state index contributed by atoms with van der Waals surface area (Å²) in [5.74, 6) is 0. The van der Waals surface area contributed by atoms with Gasteiger partial charge in [-0.1, -0.05) is 72.8 Å². The van der Waals surface area contributed by atoms with Crippen LogP contribution >= 0.6 is 0 Å². The third kappa shape index (κ3) is 2.52. The molecule has 0 bridgehead atoms. The largest absolute Gasteiger partial charge is 0.0839 e. The number of aryl methyl sites for hydroxylation is 4. The lowest BCUT2D eigenvalue weighted by Gasteiger charge is -2.36. The third-order valence-corrected chi connectivity index (χ3v) is 7.11. The molecule has 0 saturated heterocycles. The molecule has 0 amide bonds. The van der Waals surface area contributed by atoms with Gasteiger partial charge in [-0.25, -0.2) is 0 Å². The lowest BCUT2D eigenvalue weighted by molar-refractivity contribution is 0.753. The molecule has 0 nitrogen and oxygen atoms in total. The van der Waals surface area contributed by atoms with E-state index in [0.29, 0.717) is 0 Å². The van der Waals surface area contributed by atoms with Gasteiger partial charge in [-0.15, -0.1) is 0 Å². The monoisotopic (exact) mass is 376 g/mol. The summed E-state index contributed by atoms with van der Waals surface area (Å²) in [4.78, 5) is 0. The Hall–Kier alpha value is -2.86. The van der Waals surface area contributed by atoms with Crippen LogP contribution in [0.1, 0.15) is 57.3 Å². The van der Waals surface area contributed by atoms with Crippen LogP contribution in [0.2, 0.25) is 0 Å². The summed E-state index contributed by atoms with van der Waals surface area (Å²) in [6.07, 6.45) is 7.02. The Morgan fingerprint density at radius 2 is 1.31 bits per heavy atom. The van der Waals surface area contributed by atoms with E-state index in [1.165, 1.54) is 55.7 Å². The Morgan fingerprint density at radius 1 is 0.690 bits per heavy atom. The molecule has 0 atom stereocenters. The lowest BCUT2D eigenvalue weighted by Crippen LogP contribution is -2.30. The van der Waals surface area contributed by atoms with Gasteiger partial charge in [0.05, 0.1) is 5.41 Å². The maximum atomic E-state index is 2.42. The maximum absolute atomic E-state index is 2.42. The molecule has 0 heterocycles. The Bertz CT molecular complexity index is 1130. The molecule has 0 N–H and O–H groups in total. The number of hydrogen-bond donors (Lipinski definition) is 0. The molecule has 0 heteroatoms. The summed E-state index contributed by atoms with van der Waals surface area (Å²) in [5.41, 5.74) is 13.8. The summed E-state index contributed by atoms with van der Waals surface area (Å²) in [6, 6.07) is 23.2. The Labute approximate surface area is 174 Å². The van der Waals surface area contributed by atoms with E-state index >= 15 is 0 Å². The van der Waals surface area contributed by atoms with Crippen molar-refractivity contribution >= 4 is 5.57 Å². The van der Waals surface area contributed by atoms with Crippen LogP contribution in [-0.4, -0.2) is 0 Å². The fraction of sp³-hybridized carbons (Fsp3) is 0.241. The minimum Gasteiger partial charge on any atom is -0.0839 e. The van der Waals surface area contributed by atoms with Crippen LogP contribution in [-0.2, 0) is 5.41 Å². The smallest absolute Gasteiger partial charge is 0.0710 e. The summed E-state index contributed by atoms with van der Waals surface area (Å²) >= 11 is 0. The molecule has 0 saturated carbocycles. The fourth-order valence-electron chi connectivity index (χ4n) is 5.25. The molecular weight excluding hydrogens is 348 g/mol. The van der Waals surface area contributed by atoms with Crippen molar-refractivity contribution < 1.29 is 0 Å². The summed E-state index contributed by atoms with van der Waals surface area (Å²) in [5, 5.41) is 0. The van der Waals surface area contributed by atoms with Crippen LogP contribution in [0.3, 0.4) is 0 Å². The van der Waals surface area contributed by atoms with Gasteiger partial charge < -0.3 is 0 Å². The zero-order chi connectivity index (χ0) is 20.2. The van der Waals surface area contributed by atoms with Crippen LogP contribution in [0.25, 0.3) is 5.57 Å². The van der Waals surface area contributed by atoms with E-state index in [1.807, 2.05) is 0 Å². The fourth-order valence-corrected chi connectivity index (χ4v) is 5.25. The van der Waals surface area contributed by atoms with Gasteiger partial charge in [0.1, 0.15) is 0 Å². The average Bonchev–Trinajstić information content (AvgIpc) is 3.04. The second-order valence-electron chi connectivity index (χ2n) is 8.73. The number of benzene rings is 3. The van der Waals surface area contributed by atoms with Gasteiger partial charge in [-0.05, 0) is 96.2 Å². The highest BCUT2D eigenvalue weighted by Gasteiger charge is 2.47. The molecule has 144 valence electrons. The first-order valence-corrected chi connectivity index (χ1v) is 10.7. The molecule has 2 aliphatic carbocycles. The van der Waals surface area contributed by atoms with Gasteiger partial charge >= 0.3 is 0 Å². The quantitative estimate of drug-likeness (QED) is 0.438. The van der Waals surface area contributed by atoms with Crippen molar-refractivity contribution in [1.82, 2.24) is 0 Å². The summed E-state index contributed by atoms with van der Waals surface area (Å²) in [7, 11) is 0. The molecule has 0 unspecified atom stereocenters. The Morgan fingerprint density at radius 3 is 1.93 bits per heavy atom. The molecule has 29 heavy (non-hydrogen) atoms. The summed E-state index contributed by atoms with van der Waals surface area (Å²) < 4.78 is 0. The second-order valence-corrected chi connectivity index (χ2v) is 8.73. The highest BCUT2D eigenvalue weighted by Crippen LogP contribution is 2.57. The van der Waals surface area contributed by atoms with Crippen molar-refractivity contribution in [3.63, 3.8) is 0 Å². The molecule has 2 aliphatic rings. The zero-order valence-corrected chi connectivity index (χ0v) is 17.8. The van der Waals surface area contributed by atoms with E-state index in [4.69, 9.17) is 0 Å². The first-order chi connectivity index (χ1) is 14.0. The predicted molar refractivity (Wildman–Crippen MR) is 123 cm³/mol. The van der Waals surface area contributed by atoms with E-state index in [2.05, 4.69) is 101 Å². The lowest BCUT2D eigenvalue weighted by atomic mass is 9.65. The number of fused-ring (bicyclic) bond motifs is 2. The number of hydrogen-bond acceptors (Lipinski definition) is 0. The first-order valence-electron chi connectivity index (χ1n) is 10.7. The van der Waals surface area contributed by atoms with Gasteiger partial charge in [0.2, 0.25) is 0 Å². The zero-order valence-electron chi connectivity index (χ0n) is 17.8. The third-order valence-electron chi connectivity index (χ3n) is 7.11. The van der Waals surface area contributed by atoms with Crippen LogP contribution in [0.5, 0.6) is 0 Å². The summed E-state index contributed by atoms with van der Waals surface area (Å²) in [6.45, 7) is 8.88. The van der Waals surface area contributed by atoms with Crippen LogP contribution in [0, 0.1) is 27.7 Å². The Kier molecular flexibility index (Phi) is 4.13. The van der Waals surface area contributed by atoms with Crippen molar-refractivity contribution in [2.45, 2.75) is 46.0 Å². The topological polar surface area (TPSA) is 0 Å². The predicted octanol–water partition coefficient (Wildman–Crippen LogP) is 7.37. The minimum atomic E-state index is -0.236. The van der Waals surface area contributed by atoms with Gasteiger partial charge in [-0.3, -0.25) is 0 Å². The highest BCUT2D eigenvalue weighted by atomic mass is 14.5. The van der Waals surface area contributed by atoms with Gasteiger partial charge in [0, 0.05) is 0 Å². The van der Waals surface area contributed by atoms with E-state index in [9.17, 15) is 0 Å². The van der Waals surface area contributed by atoms with Gasteiger partial charge in [-0.2, -0.15) is 0 Å². The molecule has 5 rings (SSSR count). The van der Waals surface area contributed by atoms with Crippen molar-refractivity contribution in [2.75, 3.05) is 0 Å². The Balaban J connectivity index is 1.93. The molecule has 0 aromatic heterocycles. The second kappa shape index (κ2) is 6.59. The molecule has 0 radical (unpaired) electrons. The standard InChI is InChI=1S/C29H28/c1-19-13-15-23(17-21(19)3)29(24-16-14-20(2)22(4)18-24)27-11-7-5-9-25(27)26-10-6-8-12-28(26)29/h5,7-9,11-18H,6,10H2,1-4H3. The normalized spacial score (nSPS) is 16.7. The van der Waals surface area contributed by atoms with E-state index in [0.717, 1.165) is 12.8 Å². The average molecular weight is 377 g/mol. The van der Waals surface area contributed by atoms with Crippen LogP contribution < -0.4 is 0 Å². The van der Waals surface area contributed by atoms with Gasteiger partial charge in [0.15, 0.2) is 0 Å². The van der Waals surface area contributed by atoms with Gasteiger partial charge in [0.25, 0.3) is 0 Å². The van der Waals surface area contributed by atoms with E-state index in [1.54, 1.807) is 0 Å². The molecular formula is C29H28. The molecule has 3 aromatic carbocycles. The van der Waals surface area contributed by atoms with Crippen molar-refractivity contribution in [1.29, 1.82) is 0 Å². The van der Waals surface area contributed by atoms with Crippen molar-refractivity contribution in [3.8, 4) is 0 Å². The van der Waals surface area contributed by atoms with E-state index < -0.39 is 0 Å². The molecule has 0 fully saturated rings. The van der Waals surface area contributed by atoms with E-state index in [-0.39, 0.29) is 5.41 Å². The molecule has 0 spiro atoms. The number of allylic oxidation sites excluding steroid dienone is 4. The molecule has 0 aliphatic heterocycles. The minimum absolute atomic E-state index is 0.236. The SMILES string of the molecule is Cc1ccc(C2(c3ccc(C)c(C)c3)C3=C(CCC=C3)c3ccccc32)cc1C. The highest BCUT2D eigenvalue weighted by molar-refractivity contribution is 5.88. The maximum Gasteiger partial charge on any atom is 0.0710 e. The van der Waals surface area contributed by atoms with Crippen LogP contribution in [0.15, 0.2) is 78.4 Å².